The first kappa shape index (κ1) is 16.9. The Morgan fingerprint density at radius 2 is 1.56 bits per heavy atom. The molecule has 0 radical (unpaired) electrons. The molecule has 3 N–H and O–H groups in total. The third-order valence-corrected chi connectivity index (χ3v) is 4.21. The Balaban J connectivity index is 1.79. The van der Waals surface area contributed by atoms with Crippen molar-refractivity contribution in [2.75, 3.05) is 0 Å². The van der Waals surface area contributed by atoms with Crippen molar-refractivity contribution in [1.82, 2.24) is 10.8 Å². The van der Waals surface area contributed by atoms with Crippen LogP contribution in [0.2, 0.25) is 0 Å². The third-order valence-electron chi connectivity index (χ3n) is 3.85. The lowest BCUT2D eigenvalue weighted by molar-refractivity contribution is 0.0706. The summed E-state index contributed by atoms with van der Waals surface area (Å²) >= 11 is 6.07. The number of hydrogen-bond donors (Lipinski definition) is 3. The van der Waals surface area contributed by atoms with E-state index in [0.29, 0.717) is 16.7 Å². The number of amides is 1. The molecule has 25 heavy (non-hydrogen) atoms. The molecule has 126 valence electrons. The van der Waals surface area contributed by atoms with E-state index >= 15 is 0 Å². The highest BCUT2D eigenvalue weighted by Gasteiger charge is 2.30. The number of carbonyl (C=O) groups is 3. The van der Waals surface area contributed by atoms with Gasteiger partial charge in [-0.2, -0.15) is 0 Å². The van der Waals surface area contributed by atoms with Crippen LogP contribution >= 0.6 is 11.6 Å². The molecule has 2 aromatic carbocycles. The van der Waals surface area contributed by atoms with Gasteiger partial charge in [0.05, 0.1) is 0 Å². The number of rotatable bonds is 4. The topological polar surface area (TPSA) is 95.5 Å². The average molecular weight is 357 g/mol. The second-order valence-corrected chi connectivity index (χ2v) is 5.76. The molecular weight excluding hydrogens is 344 g/mol. The van der Waals surface area contributed by atoms with E-state index in [4.69, 9.17) is 16.8 Å². The lowest BCUT2D eigenvalue weighted by Gasteiger charge is -2.19. The monoisotopic (exact) mass is 356 g/mol. The van der Waals surface area contributed by atoms with Gasteiger partial charge in [-0.25, -0.2) is 5.48 Å². The number of allylic oxidation sites excluding steroid dienone is 2. The van der Waals surface area contributed by atoms with Crippen LogP contribution in [-0.2, 0) is 6.54 Å². The van der Waals surface area contributed by atoms with E-state index < -0.39 is 11.7 Å². The van der Waals surface area contributed by atoms with Gasteiger partial charge < -0.3 is 5.32 Å². The van der Waals surface area contributed by atoms with Crippen molar-refractivity contribution < 1.29 is 19.6 Å². The second kappa shape index (κ2) is 6.88. The van der Waals surface area contributed by atoms with Crippen LogP contribution in [0.25, 0.3) is 0 Å². The summed E-state index contributed by atoms with van der Waals surface area (Å²) in [5.41, 5.74) is 3.28. The minimum Gasteiger partial charge on any atom is -0.376 e. The first-order valence-corrected chi connectivity index (χ1v) is 7.76. The highest BCUT2D eigenvalue weighted by atomic mass is 35.5. The minimum absolute atomic E-state index is 0.0579. The lowest BCUT2D eigenvalue weighted by Crippen LogP contribution is -2.28. The van der Waals surface area contributed by atoms with Crippen LogP contribution in [0.3, 0.4) is 0 Å². The molecule has 0 heterocycles. The number of carbonyl (C=O) groups excluding carboxylic acids is 3. The Labute approximate surface area is 148 Å². The van der Waals surface area contributed by atoms with Gasteiger partial charge in [0, 0.05) is 23.2 Å². The molecule has 3 rings (SSSR count). The molecule has 0 bridgehead atoms. The molecular formula is C18H13ClN2O4. The highest BCUT2D eigenvalue weighted by molar-refractivity contribution is 6.49. The van der Waals surface area contributed by atoms with Gasteiger partial charge in [-0.05, 0) is 17.7 Å². The number of hydrogen-bond acceptors (Lipinski definition) is 5. The summed E-state index contributed by atoms with van der Waals surface area (Å²) in [5.74, 6) is -1.35. The van der Waals surface area contributed by atoms with Crippen LogP contribution in [0, 0.1) is 0 Å². The van der Waals surface area contributed by atoms with Crippen molar-refractivity contribution in [3.63, 3.8) is 0 Å². The van der Waals surface area contributed by atoms with Gasteiger partial charge in [0.15, 0.2) is 0 Å². The number of Topliss-reactive ketones (excluding diaryl/α,β-unsaturated/α-hetero) is 2. The van der Waals surface area contributed by atoms with Crippen LogP contribution in [0.5, 0.6) is 0 Å². The summed E-state index contributed by atoms with van der Waals surface area (Å²) in [6.45, 7) is 0.244. The molecule has 0 spiro atoms. The standard InChI is InChI=1S/C18H13ClN2O4/c19-14-15(17(23)13-4-2-1-3-12(13)16(14)22)20-9-10-5-7-11(8-6-10)18(24)21-25/h1-8,20,25H,9H2,(H,21,24). The molecule has 2 aromatic rings. The molecule has 0 atom stereocenters. The zero-order valence-corrected chi connectivity index (χ0v) is 13.6. The van der Waals surface area contributed by atoms with Gasteiger partial charge in [0.1, 0.15) is 10.7 Å². The van der Waals surface area contributed by atoms with E-state index in [2.05, 4.69) is 5.32 Å². The minimum atomic E-state index is -0.616. The maximum absolute atomic E-state index is 12.5. The van der Waals surface area contributed by atoms with Crippen LogP contribution in [-0.4, -0.2) is 22.7 Å². The largest absolute Gasteiger partial charge is 0.376 e. The molecule has 0 aromatic heterocycles. The highest BCUT2D eigenvalue weighted by Crippen LogP contribution is 2.27. The number of halogens is 1. The number of fused-ring (bicyclic) bond motifs is 1. The van der Waals surface area contributed by atoms with Gasteiger partial charge in [-0.15, -0.1) is 0 Å². The van der Waals surface area contributed by atoms with E-state index in [1.165, 1.54) is 12.1 Å². The predicted molar refractivity (Wildman–Crippen MR) is 90.5 cm³/mol. The third kappa shape index (κ3) is 3.17. The molecule has 1 amide bonds. The molecule has 6 nitrogen and oxygen atoms in total. The van der Waals surface area contributed by atoms with Crippen molar-refractivity contribution in [2.24, 2.45) is 0 Å². The quantitative estimate of drug-likeness (QED) is 0.577. The molecule has 0 aliphatic heterocycles. The maximum Gasteiger partial charge on any atom is 0.274 e. The van der Waals surface area contributed by atoms with E-state index in [-0.39, 0.29) is 23.1 Å². The van der Waals surface area contributed by atoms with E-state index in [1.54, 1.807) is 41.9 Å². The van der Waals surface area contributed by atoms with Crippen LogP contribution < -0.4 is 10.8 Å². The number of hydroxylamine groups is 1. The molecule has 0 saturated heterocycles. The number of ketones is 2. The van der Waals surface area contributed by atoms with Gasteiger partial charge in [-0.3, -0.25) is 19.6 Å². The summed E-state index contributed by atoms with van der Waals surface area (Å²) in [6.07, 6.45) is 0. The average Bonchev–Trinajstić information content (AvgIpc) is 2.66. The zero-order chi connectivity index (χ0) is 18.0. The van der Waals surface area contributed by atoms with Gasteiger partial charge in [0.25, 0.3) is 5.91 Å². The predicted octanol–water partition coefficient (Wildman–Crippen LogP) is 2.42. The molecule has 0 saturated carbocycles. The summed E-state index contributed by atoms with van der Waals surface area (Å²) in [5, 5.41) is 11.4. The number of nitrogens with one attached hydrogen (secondary N) is 2. The molecule has 1 aliphatic rings. The normalized spacial score (nSPS) is 13.5. The Kier molecular flexibility index (Phi) is 4.65. The van der Waals surface area contributed by atoms with E-state index in [9.17, 15) is 14.4 Å². The zero-order valence-electron chi connectivity index (χ0n) is 12.9. The Morgan fingerprint density at radius 3 is 2.16 bits per heavy atom. The molecule has 0 unspecified atom stereocenters. The van der Waals surface area contributed by atoms with Crippen molar-refractivity contribution in [3.8, 4) is 0 Å². The van der Waals surface area contributed by atoms with Crippen molar-refractivity contribution >= 4 is 29.1 Å². The van der Waals surface area contributed by atoms with E-state index in [1.807, 2.05) is 0 Å². The molecule has 1 aliphatic carbocycles. The maximum atomic E-state index is 12.5. The smallest absolute Gasteiger partial charge is 0.274 e. The van der Waals surface area contributed by atoms with Crippen molar-refractivity contribution in [3.05, 3.63) is 81.5 Å². The summed E-state index contributed by atoms with van der Waals surface area (Å²) in [4.78, 5) is 36.1. The summed E-state index contributed by atoms with van der Waals surface area (Å²) < 4.78 is 0. The van der Waals surface area contributed by atoms with Crippen LogP contribution in [0.15, 0.2) is 59.3 Å². The van der Waals surface area contributed by atoms with Crippen LogP contribution in [0.1, 0.15) is 36.6 Å². The van der Waals surface area contributed by atoms with Crippen molar-refractivity contribution in [2.45, 2.75) is 6.54 Å². The molecule has 0 fully saturated rings. The number of benzene rings is 2. The molecule has 7 heteroatoms. The Hall–Kier alpha value is -2.96. The fourth-order valence-corrected chi connectivity index (χ4v) is 2.79. The van der Waals surface area contributed by atoms with E-state index in [0.717, 1.165) is 5.56 Å². The Morgan fingerprint density at radius 1 is 0.960 bits per heavy atom. The SMILES string of the molecule is O=C(NO)c1ccc(CNC2=C(Cl)C(=O)c3ccccc3C2=O)cc1. The summed E-state index contributed by atoms with van der Waals surface area (Å²) in [6, 6.07) is 12.9. The van der Waals surface area contributed by atoms with Crippen LogP contribution in [0.4, 0.5) is 0 Å². The van der Waals surface area contributed by atoms with Crippen molar-refractivity contribution in [1.29, 1.82) is 0 Å². The first-order chi connectivity index (χ1) is 12.0. The fourth-order valence-electron chi connectivity index (χ4n) is 2.53. The first-order valence-electron chi connectivity index (χ1n) is 7.38. The second-order valence-electron chi connectivity index (χ2n) is 5.38. The lowest BCUT2D eigenvalue weighted by atomic mass is 9.92. The van der Waals surface area contributed by atoms with Gasteiger partial charge >= 0.3 is 0 Å². The fraction of sp³-hybridized carbons (Fsp3) is 0.0556. The van der Waals surface area contributed by atoms with Gasteiger partial charge in [-0.1, -0.05) is 48.0 Å². The summed E-state index contributed by atoms with van der Waals surface area (Å²) in [7, 11) is 0. The Bertz CT molecular complexity index is 904. The van der Waals surface area contributed by atoms with Gasteiger partial charge in [0.2, 0.25) is 11.6 Å².